The second-order valence-corrected chi connectivity index (χ2v) is 5.45. The van der Waals surface area contributed by atoms with Gasteiger partial charge in [-0.1, -0.05) is 0 Å². The van der Waals surface area contributed by atoms with Gasteiger partial charge >= 0.3 is 5.97 Å². The third kappa shape index (κ3) is 2.04. The van der Waals surface area contributed by atoms with Gasteiger partial charge in [-0.05, 0) is 42.0 Å². The lowest BCUT2D eigenvalue weighted by Crippen LogP contribution is -1.97. The minimum absolute atomic E-state index is 0.236. The second-order valence-electron chi connectivity index (χ2n) is 5.45. The molecule has 0 bridgehead atoms. The molecule has 112 valence electrons. The maximum absolute atomic E-state index is 11.0. The lowest BCUT2D eigenvalue weighted by molar-refractivity contribution is 0.0697. The Labute approximate surface area is 132 Å². The number of nitriles is 1. The number of aromatic nitrogens is 1. The Hall–Kier alpha value is -3.26. The predicted molar refractivity (Wildman–Crippen MR) is 84.1 cm³/mol. The van der Waals surface area contributed by atoms with Crippen LogP contribution >= 0.6 is 0 Å². The molecule has 23 heavy (non-hydrogen) atoms. The highest BCUT2D eigenvalue weighted by atomic mass is 16.5. The summed E-state index contributed by atoms with van der Waals surface area (Å²) < 4.78 is 7.49. The molecule has 0 saturated heterocycles. The van der Waals surface area contributed by atoms with Crippen LogP contribution in [0.25, 0.3) is 16.6 Å². The molecule has 5 nitrogen and oxygen atoms in total. The van der Waals surface area contributed by atoms with Gasteiger partial charge in [0.15, 0.2) is 0 Å². The van der Waals surface area contributed by atoms with Gasteiger partial charge in [-0.15, -0.1) is 0 Å². The number of ether oxygens (including phenoxy) is 1. The summed E-state index contributed by atoms with van der Waals surface area (Å²) in [7, 11) is 0. The zero-order chi connectivity index (χ0) is 16.0. The highest BCUT2D eigenvalue weighted by Gasteiger charge is 2.18. The smallest absolute Gasteiger partial charge is 0.335 e. The molecule has 1 aliphatic rings. The van der Waals surface area contributed by atoms with Crippen LogP contribution in [0.5, 0.6) is 5.75 Å². The largest absolute Gasteiger partial charge is 0.493 e. The fourth-order valence-electron chi connectivity index (χ4n) is 2.96. The monoisotopic (exact) mass is 304 g/mol. The minimum Gasteiger partial charge on any atom is -0.493 e. The quantitative estimate of drug-likeness (QED) is 0.789. The van der Waals surface area contributed by atoms with E-state index in [1.807, 2.05) is 16.7 Å². The van der Waals surface area contributed by atoms with E-state index in [9.17, 15) is 10.1 Å². The number of carbonyl (C=O) groups is 1. The Balaban J connectivity index is 1.93. The number of nitrogens with zero attached hydrogens (tertiary/aromatic N) is 2. The van der Waals surface area contributed by atoms with Crippen molar-refractivity contribution >= 4 is 16.9 Å². The fraction of sp³-hybridized carbons (Fsp3) is 0.111. The first-order chi connectivity index (χ1) is 11.2. The summed E-state index contributed by atoms with van der Waals surface area (Å²) in [5.74, 6) is -0.116. The number of carboxylic acids is 1. The molecule has 2 heterocycles. The van der Waals surface area contributed by atoms with Crippen LogP contribution in [-0.4, -0.2) is 22.2 Å². The van der Waals surface area contributed by atoms with Gasteiger partial charge in [-0.2, -0.15) is 5.26 Å². The van der Waals surface area contributed by atoms with Crippen LogP contribution in [-0.2, 0) is 6.42 Å². The molecule has 0 aliphatic carbocycles. The molecule has 0 spiro atoms. The highest BCUT2D eigenvalue weighted by molar-refractivity contribution is 5.91. The van der Waals surface area contributed by atoms with Crippen molar-refractivity contribution in [1.82, 2.24) is 4.57 Å². The Kier molecular flexibility index (Phi) is 2.85. The molecule has 4 rings (SSSR count). The number of hydrogen-bond donors (Lipinski definition) is 1. The predicted octanol–water partition coefficient (Wildman–Crippen LogP) is 3.14. The SMILES string of the molecule is N#Cc1cn(-c2ccc(C(=O)O)cc2)c2cc3c(cc12)OCC3. The Morgan fingerprint density at radius 1 is 1.26 bits per heavy atom. The Morgan fingerprint density at radius 2 is 2.04 bits per heavy atom. The third-order valence-electron chi connectivity index (χ3n) is 4.13. The van der Waals surface area contributed by atoms with E-state index in [0.29, 0.717) is 12.2 Å². The number of aromatic carboxylic acids is 1. The average Bonchev–Trinajstić information content (AvgIpc) is 3.16. The van der Waals surface area contributed by atoms with E-state index >= 15 is 0 Å². The summed E-state index contributed by atoms with van der Waals surface area (Å²) in [6, 6.07) is 12.8. The maximum atomic E-state index is 11.0. The molecular weight excluding hydrogens is 292 g/mol. The number of benzene rings is 2. The van der Waals surface area contributed by atoms with Crippen molar-refractivity contribution in [3.05, 3.63) is 59.3 Å². The van der Waals surface area contributed by atoms with Crippen LogP contribution in [0, 0.1) is 11.3 Å². The van der Waals surface area contributed by atoms with Crippen molar-refractivity contribution < 1.29 is 14.6 Å². The van der Waals surface area contributed by atoms with Crippen LogP contribution in [0.1, 0.15) is 21.5 Å². The van der Waals surface area contributed by atoms with Gasteiger partial charge in [0.2, 0.25) is 0 Å². The van der Waals surface area contributed by atoms with Gasteiger partial charge in [0.1, 0.15) is 11.8 Å². The molecule has 3 aromatic rings. The molecule has 0 fully saturated rings. The normalized spacial score (nSPS) is 12.7. The molecule has 0 amide bonds. The van der Waals surface area contributed by atoms with Crippen molar-refractivity contribution in [3.8, 4) is 17.5 Å². The van der Waals surface area contributed by atoms with E-state index in [1.54, 1.807) is 30.5 Å². The molecule has 0 unspecified atom stereocenters. The third-order valence-corrected chi connectivity index (χ3v) is 4.13. The summed E-state index contributed by atoms with van der Waals surface area (Å²) in [6.07, 6.45) is 2.63. The highest BCUT2D eigenvalue weighted by Crippen LogP contribution is 2.34. The average molecular weight is 304 g/mol. The first kappa shape index (κ1) is 13.4. The van der Waals surface area contributed by atoms with E-state index in [4.69, 9.17) is 9.84 Å². The van der Waals surface area contributed by atoms with E-state index in [0.717, 1.165) is 34.3 Å². The van der Waals surface area contributed by atoms with Crippen LogP contribution in [0.2, 0.25) is 0 Å². The van der Waals surface area contributed by atoms with E-state index in [1.165, 1.54) is 0 Å². The first-order valence-electron chi connectivity index (χ1n) is 7.22. The lowest BCUT2D eigenvalue weighted by Gasteiger charge is -2.07. The van der Waals surface area contributed by atoms with Gasteiger partial charge in [-0.3, -0.25) is 0 Å². The second kappa shape index (κ2) is 4.89. The van der Waals surface area contributed by atoms with Crippen LogP contribution in [0.15, 0.2) is 42.6 Å². The van der Waals surface area contributed by atoms with E-state index in [-0.39, 0.29) is 5.56 Å². The van der Waals surface area contributed by atoms with Crippen LogP contribution in [0.3, 0.4) is 0 Å². The molecule has 1 aromatic heterocycles. The zero-order valence-electron chi connectivity index (χ0n) is 12.1. The summed E-state index contributed by atoms with van der Waals surface area (Å²) in [4.78, 5) is 11.0. The molecule has 0 radical (unpaired) electrons. The summed E-state index contributed by atoms with van der Waals surface area (Å²) in [6.45, 7) is 0.664. The number of fused-ring (bicyclic) bond motifs is 2. The van der Waals surface area contributed by atoms with Crippen molar-refractivity contribution in [2.24, 2.45) is 0 Å². The molecule has 1 aliphatic heterocycles. The summed E-state index contributed by atoms with van der Waals surface area (Å²) in [5, 5.41) is 19.2. The van der Waals surface area contributed by atoms with Gasteiger partial charge in [0.25, 0.3) is 0 Å². The van der Waals surface area contributed by atoms with Crippen molar-refractivity contribution in [1.29, 1.82) is 5.26 Å². The van der Waals surface area contributed by atoms with Gasteiger partial charge in [0.05, 0.1) is 23.3 Å². The van der Waals surface area contributed by atoms with Crippen molar-refractivity contribution in [2.45, 2.75) is 6.42 Å². The lowest BCUT2D eigenvalue weighted by atomic mass is 10.1. The number of rotatable bonds is 2. The Bertz CT molecular complexity index is 978. The molecule has 0 atom stereocenters. The standard InChI is InChI=1S/C18H12N2O3/c19-9-13-10-20(14-3-1-11(2-4-14)18(21)22)16-7-12-5-6-23-17(12)8-15(13)16/h1-4,7-8,10H,5-6H2,(H,21,22). The molecule has 0 saturated carbocycles. The topological polar surface area (TPSA) is 75.2 Å². The molecular formula is C18H12N2O3. The zero-order valence-corrected chi connectivity index (χ0v) is 12.1. The summed E-state index contributed by atoms with van der Waals surface area (Å²) >= 11 is 0. The minimum atomic E-state index is -0.957. The van der Waals surface area contributed by atoms with Gasteiger partial charge in [-0.25, -0.2) is 4.79 Å². The van der Waals surface area contributed by atoms with Crippen LogP contribution in [0.4, 0.5) is 0 Å². The Morgan fingerprint density at radius 3 is 2.74 bits per heavy atom. The van der Waals surface area contributed by atoms with Gasteiger partial charge in [0, 0.05) is 23.7 Å². The van der Waals surface area contributed by atoms with E-state index < -0.39 is 5.97 Å². The fourth-order valence-corrected chi connectivity index (χ4v) is 2.96. The molecule has 2 aromatic carbocycles. The maximum Gasteiger partial charge on any atom is 0.335 e. The number of carboxylic acid groups (broad SMARTS) is 1. The molecule has 1 N–H and O–H groups in total. The number of hydrogen-bond acceptors (Lipinski definition) is 3. The first-order valence-corrected chi connectivity index (χ1v) is 7.22. The van der Waals surface area contributed by atoms with Crippen molar-refractivity contribution in [3.63, 3.8) is 0 Å². The molecule has 5 heteroatoms. The van der Waals surface area contributed by atoms with E-state index in [2.05, 4.69) is 6.07 Å². The van der Waals surface area contributed by atoms with Crippen LogP contribution < -0.4 is 4.74 Å². The van der Waals surface area contributed by atoms with Crippen molar-refractivity contribution in [2.75, 3.05) is 6.61 Å². The van der Waals surface area contributed by atoms with Gasteiger partial charge < -0.3 is 14.4 Å². The summed E-state index contributed by atoms with van der Waals surface area (Å²) in [5.41, 5.74) is 3.68.